The zero-order valence-corrected chi connectivity index (χ0v) is 15.9. The van der Waals surface area contributed by atoms with Gasteiger partial charge >= 0.3 is 6.18 Å². The summed E-state index contributed by atoms with van der Waals surface area (Å²) >= 11 is 0. The minimum Gasteiger partial charge on any atom is -0.375 e. The molecule has 152 valence electrons. The van der Waals surface area contributed by atoms with E-state index in [4.69, 9.17) is 4.74 Å². The van der Waals surface area contributed by atoms with Crippen molar-refractivity contribution in [3.8, 4) is 5.69 Å². The molecule has 0 aliphatic carbocycles. The number of benzene rings is 1. The molecule has 9 heteroatoms. The summed E-state index contributed by atoms with van der Waals surface area (Å²) in [6.07, 6.45) is -4.89. The Balaban J connectivity index is 1.82. The Kier molecular flexibility index (Phi) is 5.76. The van der Waals surface area contributed by atoms with Crippen LogP contribution >= 0.6 is 0 Å². The van der Waals surface area contributed by atoms with Crippen molar-refractivity contribution in [1.29, 1.82) is 0 Å². The van der Waals surface area contributed by atoms with Gasteiger partial charge in [0.05, 0.1) is 29.7 Å². The van der Waals surface area contributed by atoms with Gasteiger partial charge in [-0.05, 0) is 44.5 Å². The summed E-state index contributed by atoms with van der Waals surface area (Å²) in [7, 11) is 0. The van der Waals surface area contributed by atoms with Crippen LogP contribution in [0.2, 0.25) is 0 Å². The maximum Gasteiger partial charge on any atom is 0.416 e. The predicted octanol–water partition coefficient (Wildman–Crippen LogP) is 2.50. The lowest BCUT2D eigenvalue weighted by atomic mass is 10.0. The van der Waals surface area contributed by atoms with E-state index in [1.807, 2.05) is 0 Å². The second kappa shape index (κ2) is 7.92. The van der Waals surface area contributed by atoms with Crippen LogP contribution in [-0.2, 0) is 22.3 Å². The van der Waals surface area contributed by atoms with Gasteiger partial charge in [0, 0.05) is 18.8 Å². The number of ether oxygens (including phenoxy) is 1. The Bertz CT molecular complexity index is 863. The van der Waals surface area contributed by atoms with Crippen molar-refractivity contribution in [2.45, 2.75) is 45.6 Å². The van der Waals surface area contributed by atoms with Crippen molar-refractivity contribution in [3.63, 3.8) is 0 Å². The Morgan fingerprint density at radius 1 is 1.36 bits per heavy atom. The quantitative estimate of drug-likeness (QED) is 0.833. The molecule has 0 saturated carbocycles. The van der Waals surface area contributed by atoms with Gasteiger partial charge in [-0.15, -0.1) is 0 Å². The SMILES string of the molecule is Cc1cc(C)n(-c2ccc(CNC(=O)[C@H]3NCCO[C@@H]3C)c(C(F)(F)F)c2)n1. The maximum atomic E-state index is 13.6. The van der Waals surface area contributed by atoms with Crippen LogP contribution < -0.4 is 10.6 Å². The second-order valence-corrected chi connectivity index (χ2v) is 6.90. The number of carbonyl (C=O) groups is 1. The van der Waals surface area contributed by atoms with Gasteiger partial charge < -0.3 is 15.4 Å². The van der Waals surface area contributed by atoms with Gasteiger partial charge in [0.25, 0.3) is 0 Å². The first-order valence-corrected chi connectivity index (χ1v) is 9.03. The number of aryl methyl sites for hydroxylation is 2. The standard InChI is InChI=1S/C19H23F3N4O2/c1-11-8-12(2)26(25-11)15-5-4-14(16(9-15)19(20,21)22)10-24-18(27)17-13(3)28-7-6-23-17/h4-5,8-9,13,17,23H,6-7,10H2,1-3H3,(H,24,27)/t13-,17+/m1/s1. The first kappa shape index (κ1) is 20.3. The van der Waals surface area contributed by atoms with Crippen LogP contribution in [0.3, 0.4) is 0 Å². The van der Waals surface area contributed by atoms with Crippen LogP contribution in [0.15, 0.2) is 24.3 Å². The van der Waals surface area contributed by atoms with Crippen LogP contribution in [0.1, 0.15) is 29.4 Å². The van der Waals surface area contributed by atoms with E-state index < -0.39 is 17.8 Å². The first-order chi connectivity index (χ1) is 13.2. The zero-order valence-electron chi connectivity index (χ0n) is 15.9. The summed E-state index contributed by atoms with van der Waals surface area (Å²) in [5, 5.41) is 9.83. The molecule has 1 aliphatic heterocycles. The lowest BCUT2D eigenvalue weighted by Gasteiger charge is -2.29. The smallest absolute Gasteiger partial charge is 0.375 e. The Morgan fingerprint density at radius 2 is 2.11 bits per heavy atom. The molecule has 6 nitrogen and oxygen atoms in total. The van der Waals surface area contributed by atoms with Crippen LogP contribution in [0.25, 0.3) is 5.69 Å². The van der Waals surface area contributed by atoms with E-state index in [0.717, 1.165) is 17.5 Å². The summed E-state index contributed by atoms with van der Waals surface area (Å²) in [5.41, 5.74) is 0.987. The van der Waals surface area contributed by atoms with E-state index in [1.54, 1.807) is 32.9 Å². The van der Waals surface area contributed by atoms with Gasteiger partial charge in [-0.3, -0.25) is 4.79 Å². The Hall–Kier alpha value is -2.39. The van der Waals surface area contributed by atoms with Crippen LogP contribution in [0.4, 0.5) is 13.2 Å². The van der Waals surface area contributed by atoms with E-state index in [1.165, 1.54) is 10.7 Å². The molecule has 2 atom stereocenters. The van der Waals surface area contributed by atoms with Gasteiger partial charge in [-0.2, -0.15) is 18.3 Å². The van der Waals surface area contributed by atoms with Crippen LogP contribution in [0.5, 0.6) is 0 Å². The van der Waals surface area contributed by atoms with Crippen LogP contribution in [0, 0.1) is 13.8 Å². The van der Waals surface area contributed by atoms with E-state index in [-0.39, 0.29) is 24.1 Å². The molecule has 0 unspecified atom stereocenters. The number of nitrogens with one attached hydrogen (secondary N) is 2. The number of hydrogen-bond acceptors (Lipinski definition) is 4. The maximum absolute atomic E-state index is 13.6. The summed E-state index contributed by atoms with van der Waals surface area (Å²) in [6.45, 7) is 6.10. The topological polar surface area (TPSA) is 68.2 Å². The van der Waals surface area contributed by atoms with Gasteiger partial charge in [0.15, 0.2) is 0 Å². The van der Waals surface area contributed by atoms with Crippen molar-refractivity contribution in [3.05, 3.63) is 46.8 Å². The van der Waals surface area contributed by atoms with Crippen molar-refractivity contribution in [2.24, 2.45) is 0 Å². The molecule has 3 rings (SSSR count). The molecule has 1 saturated heterocycles. The molecule has 28 heavy (non-hydrogen) atoms. The zero-order chi connectivity index (χ0) is 20.5. The summed E-state index contributed by atoms with van der Waals surface area (Å²) in [5.74, 6) is -0.386. The number of amides is 1. The van der Waals surface area contributed by atoms with Gasteiger partial charge in [0.1, 0.15) is 6.04 Å². The number of rotatable bonds is 4. The van der Waals surface area contributed by atoms with Crippen molar-refractivity contribution >= 4 is 5.91 Å². The summed E-state index contributed by atoms with van der Waals surface area (Å²) in [6, 6.07) is 5.22. The number of hydrogen-bond donors (Lipinski definition) is 2. The molecule has 0 spiro atoms. The first-order valence-electron chi connectivity index (χ1n) is 9.03. The van der Waals surface area contributed by atoms with E-state index >= 15 is 0 Å². The molecule has 2 aromatic rings. The molecule has 1 aliphatic rings. The third kappa shape index (κ3) is 4.36. The minimum atomic E-state index is -4.55. The van der Waals surface area contributed by atoms with Crippen molar-refractivity contribution in [2.75, 3.05) is 13.2 Å². The molecule has 1 amide bonds. The molecule has 0 bridgehead atoms. The Labute approximate surface area is 161 Å². The largest absolute Gasteiger partial charge is 0.416 e. The van der Waals surface area contributed by atoms with Gasteiger partial charge in [-0.25, -0.2) is 4.68 Å². The number of carbonyl (C=O) groups excluding carboxylic acids is 1. The fraction of sp³-hybridized carbons (Fsp3) is 0.474. The second-order valence-electron chi connectivity index (χ2n) is 6.90. The molecule has 2 N–H and O–H groups in total. The lowest BCUT2D eigenvalue weighted by molar-refractivity contribution is -0.138. The predicted molar refractivity (Wildman–Crippen MR) is 97.1 cm³/mol. The van der Waals surface area contributed by atoms with E-state index in [2.05, 4.69) is 15.7 Å². The van der Waals surface area contributed by atoms with E-state index in [0.29, 0.717) is 18.8 Å². The monoisotopic (exact) mass is 396 g/mol. The Morgan fingerprint density at radius 3 is 2.71 bits per heavy atom. The third-order valence-corrected chi connectivity index (χ3v) is 4.71. The van der Waals surface area contributed by atoms with Gasteiger partial charge in [0.2, 0.25) is 5.91 Å². The molecule has 1 fully saturated rings. The molecule has 2 heterocycles. The third-order valence-electron chi connectivity index (χ3n) is 4.71. The summed E-state index contributed by atoms with van der Waals surface area (Å²) in [4.78, 5) is 12.3. The van der Waals surface area contributed by atoms with E-state index in [9.17, 15) is 18.0 Å². The van der Waals surface area contributed by atoms with Crippen molar-refractivity contribution < 1.29 is 22.7 Å². The minimum absolute atomic E-state index is 0.00416. The molecular weight excluding hydrogens is 373 g/mol. The summed E-state index contributed by atoms with van der Waals surface area (Å²) < 4.78 is 47.7. The number of halogens is 3. The fourth-order valence-corrected chi connectivity index (χ4v) is 3.32. The molecule has 1 aromatic carbocycles. The molecule has 0 radical (unpaired) electrons. The molecular formula is C19H23F3N4O2. The number of morpholine rings is 1. The normalized spacial score (nSPS) is 20.2. The lowest BCUT2D eigenvalue weighted by Crippen LogP contribution is -2.55. The highest BCUT2D eigenvalue weighted by Crippen LogP contribution is 2.33. The fourth-order valence-electron chi connectivity index (χ4n) is 3.32. The highest BCUT2D eigenvalue weighted by atomic mass is 19.4. The average molecular weight is 396 g/mol. The molecule has 1 aromatic heterocycles. The number of alkyl halides is 3. The van der Waals surface area contributed by atoms with Gasteiger partial charge in [-0.1, -0.05) is 6.07 Å². The highest BCUT2D eigenvalue weighted by molar-refractivity contribution is 5.82. The van der Waals surface area contributed by atoms with Crippen LogP contribution in [-0.4, -0.2) is 41.0 Å². The highest BCUT2D eigenvalue weighted by Gasteiger charge is 2.34. The number of nitrogens with zero attached hydrogens (tertiary/aromatic N) is 2. The van der Waals surface area contributed by atoms with Crippen molar-refractivity contribution in [1.82, 2.24) is 20.4 Å². The number of aromatic nitrogens is 2. The average Bonchev–Trinajstić information content (AvgIpc) is 2.97.